The Balaban J connectivity index is 1.79. The Hall–Kier alpha value is -2.04. The molecule has 2 rings (SSSR count). The second-order valence-corrected chi connectivity index (χ2v) is 5.94. The van der Waals surface area contributed by atoms with Crippen molar-refractivity contribution in [3.8, 4) is 0 Å². The van der Waals surface area contributed by atoms with E-state index in [0.29, 0.717) is 45.1 Å². The lowest BCUT2D eigenvalue weighted by atomic mass is 10.0. The number of hydrogen-bond acceptors (Lipinski definition) is 3. The first-order valence-electron chi connectivity index (χ1n) is 7.91. The Morgan fingerprint density at radius 2 is 1.91 bits per heavy atom. The van der Waals surface area contributed by atoms with E-state index < -0.39 is 0 Å². The van der Waals surface area contributed by atoms with Gasteiger partial charge in [0.15, 0.2) is 0 Å². The molecule has 0 unspecified atom stereocenters. The molecule has 1 heterocycles. The number of anilines is 1. The van der Waals surface area contributed by atoms with Crippen LogP contribution < -0.4 is 5.32 Å². The average molecular weight is 303 g/mol. The van der Waals surface area contributed by atoms with Gasteiger partial charge in [-0.15, -0.1) is 0 Å². The number of nitrogens with zero attached hydrogens (tertiary/aromatic N) is 2. The summed E-state index contributed by atoms with van der Waals surface area (Å²) < 4.78 is 0. The van der Waals surface area contributed by atoms with E-state index in [1.165, 1.54) is 5.56 Å². The number of para-hydroxylation sites is 1. The molecule has 1 aliphatic heterocycles. The van der Waals surface area contributed by atoms with Crippen LogP contribution in [-0.4, -0.2) is 54.8 Å². The summed E-state index contributed by atoms with van der Waals surface area (Å²) in [6.07, 6.45) is 1.33. The van der Waals surface area contributed by atoms with E-state index in [1.54, 1.807) is 4.90 Å². The van der Waals surface area contributed by atoms with Crippen LogP contribution in [0.2, 0.25) is 0 Å². The van der Waals surface area contributed by atoms with Crippen molar-refractivity contribution in [3.63, 3.8) is 0 Å². The average Bonchev–Trinajstić information content (AvgIpc) is 2.55. The van der Waals surface area contributed by atoms with Crippen molar-refractivity contribution in [2.75, 3.05) is 38.0 Å². The van der Waals surface area contributed by atoms with Crippen molar-refractivity contribution in [2.45, 2.75) is 26.2 Å². The SMILES string of the molecule is CC(C)c1ccccc1NCCC(=O)N1CCN(C=O)CC1. The second kappa shape index (κ2) is 7.82. The zero-order chi connectivity index (χ0) is 15.9. The van der Waals surface area contributed by atoms with Crippen LogP contribution in [0, 0.1) is 0 Å². The number of hydrogen-bond donors (Lipinski definition) is 1. The molecule has 0 saturated carbocycles. The zero-order valence-corrected chi connectivity index (χ0v) is 13.4. The minimum atomic E-state index is 0.153. The quantitative estimate of drug-likeness (QED) is 0.817. The molecule has 2 amide bonds. The molecule has 0 atom stereocenters. The lowest BCUT2D eigenvalue weighted by molar-refractivity contribution is -0.134. The summed E-state index contributed by atoms with van der Waals surface area (Å²) >= 11 is 0. The predicted octanol–water partition coefficient (Wildman–Crippen LogP) is 1.91. The van der Waals surface area contributed by atoms with Gasteiger partial charge in [-0.1, -0.05) is 32.0 Å². The normalized spacial score (nSPS) is 15.0. The van der Waals surface area contributed by atoms with Gasteiger partial charge >= 0.3 is 0 Å². The number of nitrogens with one attached hydrogen (secondary N) is 1. The topological polar surface area (TPSA) is 52.7 Å². The fourth-order valence-electron chi connectivity index (χ4n) is 2.70. The molecule has 1 saturated heterocycles. The van der Waals surface area contributed by atoms with Crippen molar-refractivity contribution < 1.29 is 9.59 Å². The number of benzene rings is 1. The van der Waals surface area contributed by atoms with Crippen molar-refractivity contribution >= 4 is 18.0 Å². The van der Waals surface area contributed by atoms with Crippen LogP contribution in [0.3, 0.4) is 0 Å². The van der Waals surface area contributed by atoms with E-state index in [2.05, 4.69) is 31.3 Å². The van der Waals surface area contributed by atoms with Crippen LogP contribution in [0.5, 0.6) is 0 Å². The Bertz CT molecular complexity index is 508. The highest BCUT2D eigenvalue weighted by Crippen LogP contribution is 2.23. The molecule has 0 radical (unpaired) electrons. The molecule has 1 aromatic rings. The molecule has 0 spiro atoms. The van der Waals surface area contributed by atoms with E-state index in [0.717, 1.165) is 12.1 Å². The summed E-state index contributed by atoms with van der Waals surface area (Å²) in [6.45, 7) is 7.52. The number of rotatable bonds is 6. The summed E-state index contributed by atoms with van der Waals surface area (Å²) in [7, 11) is 0. The minimum Gasteiger partial charge on any atom is -0.384 e. The van der Waals surface area contributed by atoms with Crippen LogP contribution in [0.25, 0.3) is 0 Å². The Labute approximate surface area is 132 Å². The molecular formula is C17H25N3O2. The lowest BCUT2D eigenvalue weighted by Crippen LogP contribution is -2.48. The predicted molar refractivity (Wildman–Crippen MR) is 87.9 cm³/mol. The van der Waals surface area contributed by atoms with E-state index in [-0.39, 0.29) is 5.91 Å². The standard InChI is InChI=1S/C17H25N3O2/c1-14(2)15-5-3-4-6-16(15)18-8-7-17(22)20-11-9-19(13-21)10-12-20/h3-6,13-14,18H,7-12H2,1-2H3. The Morgan fingerprint density at radius 3 is 2.55 bits per heavy atom. The van der Waals surface area contributed by atoms with E-state index in [9.17, 15) is 9.59 Å². The van der Waals surface area contributed by atoms with Gasteiger partial charge in [-0.2, -0.15) is 0 Å². The fraction of sp³-hybridized carbons (Fsp3) is 0.529. The molecule has 0 bridgehead atoms. The van der Waals surface area contributed by atoms with Gasteiger partial charge < -0.3 is 15.1 Å². The molecule has 22 heavy (non-hydrogen) atoms. The van der Waals surface area contributed by atoms with Crippen LogP contribution in [0.4, 0.5) is 5.69 Å². The highest BCUT2D eigenvalue weighted by Gasteiger charge is 2.19. The molecule has 1 N–H and O–H groups in total. The maximum absolute atomic E-state index is 12.2. The zero-order valence-electron chi connectivity index (χ0n) is 13.4. The van der Waals surface area contributed by atoms with Gasteiger partial charge in [-0.25, -0.2) is 0 Å². The van der Waals surface area contributed by atoms with Crippen LogP contribution >= 0.6 is 0 Å². The van der Waals surface area contributed by atoms with Gasteiger partial charge in [0.1, 0.15) is 0 Å². The van der Waals surface area contributed by atoms with Crippen molar-refractivity contribution in [2.24, 2.45) is 0 Å². The summed E-state index contributed by atoms with van der Waals surface area (Å²) in [5.74, 6) is 0.607. The van der Waals surface area contributed by atoms with Crippen LogP contribution in [0.1, 0.15) is 31.7 Å². The highest BCUT2D eigenvalue weighted by atomic mass is 16.2. The molecule has 1 aliphatic rings. The molecule has 5 nitrogen and oxygen atoms in total. The van der Waals surface area contributed by atoms with Gasteiger partial charge in [0.25, 0.3) is 0 Å². The highest BCUT2D eigenvalue weighted by molar-refractivity contribution is 5.77. The monoisotopic (exact) mass is 303 g/mol. The molecule has 5 heteroatoms. The lowest BCUT2D eigenvalue weighted by Gasteiger charge is -2.32. The first-order chi connectivity index (χ1) is 10.6. The first kappa shape index (κ1) is 16.3. The Kier molecular flexibility index (Phi) is 5.81. The number of carbonyl (C=O) groups is 2. The molecule has 1 aromatic carbocycles. The minimum absolute atomic E-state index is 0.153. The van der Waals surface area contributed by atoms with Crippen LogP contribution in [-0.2, 0) is 9.59 Å². The molecule has 120 valence electrons. The summed E-state index contributed by atoms with van der Waals surface area (Å²) in [5.41, 5.74) is 2.38. The molecular weight excluding hydrogens is 278 g/mol. The second-order valence-electron chi connectivity index (χ2n) is 5.94. The van der Waals surface area contributed by atoms with E-state index in [4.69, 9.17) is 0 Å². The van der Waals surface area contributed by atoms with E-state index in [1.807, 2.05) is 17.0 Å². The van der Waals surface area contributed by atoms with Gasteiger partial charge in [0, 0.05) is 44.8 Å². The maximum atomic E-state index is 12.2. The van der Waals surface area contributed by atoms with Crippen molar-refractivity contribution in [1.82, 2.24) is 9.80 Å². The Morgan fingerprint density at radius 1 is 1.23 bits per heavy atom. The largest absolute Gasteiger partial charge is 0.384 e. The van der Waals surface area contributed by atoms with Gasteiger partial charge in [-0.3, -0.25) is 9.59 Å². The third-order valence-electron chi connectivity index (χ3n) is 4.05. The third-order valence-corrected chi connectivity index (χ3v) is 4.05. The number of piperazine rings is 1. The summed E-state index contributed by atoms with van der Waals surface area (Å²) in [5, 5.41) is 3.37. The van der Waals surface area contributed by atoms with Gasteiger partial charge in [0.2, 0.25) is 12.3 Å². The molecule has 1 fully saturated rings. The summed E-state index contributed by atoms with van der Waals surface area (Å²) in [6, 6.07) is 8.23. The smallest absolute Gasteiger partial charge is 0.224 e. The number of amides is 2. The molecule has 0 aliphatic carbocycles. The summed E-state index contributed by atoms with van der Waals surface area (Å²) in [4.78, 5) is 26.4. The van der Waals surface area contributed by atoms with Crippen LogP contribution in [0.15, 0.2) is 24.3 Å². The number of carbonyl (C=O) groups excluding carboxylic acids is 2. The fourth-order valence-corrected chi connectivity index (χ4v) is 2.70. The van der Waals surface area contributed by atoms with Gasteiger partial charge in [0.05, 0.1) is 0 Å². The maximum Gasteiger partial charge on any atom is 0.224 e. The van der Waals surface area contributed by atoms with Crippen molar-refractivity contribution in [1.29, 1.82) is 0 Å². The van der Waals surface area contributed by atoms with E-state index >= 15 is 0 Å². The first-order valence-corrected chi connectivity index (χ1v) is 7.91. The molecule has 0 aromatic heterocycles. The third kappa shape index (κ3) is 4.23. The van der Waals surface area contributed by atoms with Gasteiger partial charge in [-0.05, 0) is 17.5 Å². The van der Waals surface area contributed by atoms with Crippen molar-refractivity contribution in [3.05, 3.63) is 29.8 Å².